The van der Waals surface area contributed by atoms with Crippen molar-refractivity contribution in [3.8, 4) is 17.6 Å². The van der Waals surface area contributed by atoms with Crippen LogP contribution in [0.25, 0.3) is 0 Å². The average Bonchev–Trinajstić information content (AvgIpc) is 2.46. The Kier molecular flexibility index (Phi) is 4.51. The summed E-state index contributed by atoms with van der Waals surface area (Å²) in [7, 11) is 0. The SMILES string of the molecule is CCCNc1cncc(Oc2ccc(C#N)c(F)c2)c1. The number of nitriles is 1. The molecule has 0 aliphatic carbocycles. The van der Waals surface area contributed by atoms with Crippen LogP contribution >= 0.6 is 0 Å². The Balaban J connectivity index is 2.13. The van der Waals surface area contributed by atoms with Gasteiger partial charge in [0.25, 0.3) is 0 Å². The van der Waals surface area contributed by atoms with E-state index in [-0.39, 0.29) is 5.56 Å². The van der Waals surface area contributed by atoms with Gasteiger partial charge in [-0.2, -0.15) is 5.26 Å². The molecule has 0 radical (unpaired) electrons. The average molecular weight is 271 g/mol. The molecular weight excluding hydrogens is 257 g/mol. The minimum absolute atomic E-state index is 0.00571. The fourth-order valence-electron chi connectivity index (χ4n) is 1.63. The number of halogens is 1. The van der Waals surface area contributed by atoms with Gasteiger partial charge in [-0.15, -0.1) is 0 Å². The second kappa shape index (κ2) is 6.53. The summed E-state index contributed by atoms with van der Waals surface area (Å²) >= 11 is 0. The first kappa shape index (κ1) is 13.8. The van der Waals surface area contributed by atoms with Crippen molar-refractivity contribution in [2.24, 2.45) is 0 Å². The van der Waals surface area contributed by atoms with E-state index in [0.29, 0.717) is 11.5 Å². The number of hydrogen-bond donors (Lipinski definition) is 1. The van der Waals surface area contributed by atoms with Gasteiger partial charge in [0.15, 0.2) is 0 Å². The van der Waals surface area contributed by atoms with Crippen molar-refractivity contribution in [1.82, 2.24) is 4.98 Å². The molecule has 0 aliphatic heterocycles. The number of nitrogens with zero attached hydrogens (tertiary/aromatic N) is 2. The summed E-state index contributed by atoms with van der Waals surface area (Å²) in [5.74, 6) is 0.240. The molecule has 0 saturated heterocycles. The molecule has 1 N–H and O–H groups in total. The molecule has 0 atom stereocenters. The van der Waals surface area contributed by atoms with E-state index >= 15 is 0 Å². The minimum Gasteiger partial charge on any atom is -0.456 e. The first-order chi connectivity index (χ1) is 9.72. The molecule has 2 aromatic rings. The lowest BCUT2D eigenvalue weighted by Crippen LogP contribution is -2.00. The number of hydrogen-bond acceptors (Lipinski definition) is 4. The summed E-state index contributed by atoms with van der Waals surface area (Å²) in [5.41, 5.74) is 0.840. The molecule has 0 fully saturated rings. The van der Waals surface area contributed by atoms with Crippen LogP contribution in [0, 0.1) is 17.1 Å². The number of rotatable bonds is 5. The zero-order valence-electron chi connectivity index (χ0n) is 11.1. The summed E-state index contributed by atoms with van der Waals surface area (Å²) in [6.45, 7) is 2.91. The predicted octanol–water partition coefficient (Wildman–Crippen LogP) is 3.71. The topological polar surface area (TPSA) is 57.9 Å². The Morgan fingerprint density at radius 1 is 1.30 bits per heavy atom. The number of anilines is 1. The molecule has 1 aromatic carbocycles. The lowest BCUT2D eigenvalue weighted by atomic mass is 10.2. The van der Waals surface area contributed by atoms with Crippen LogP contribution in [-0.4, -0.2) is 11.5 Å². The number of aromatic nitrogens is 1. The molecule has 0 aliphatic rings. The second-order valence-electron chi connectivity index (χ2n) is 4.19. The van der Waals surface area contributed by atoms with Crippen LogP contribution in [0.4, 0.5) is 10.1 Å². The summed E-state index contributed by atoms with van der Waals surface area (Å²) in [4.78, 5) is 4.06. The zero-order chi connectivity index (χ0) is 14.4. The van der Waals surface area contributed by atoms with Gasteiger partial charge in [0, 0.05) is 18.7 Å². The van der Waals surface area contributed by atoms with E-state index < -0.39 is 5.82 Å². The maximum atomic E-state index is 13.5. The highest BCUT2D eigenvalue weighted by Gasteiger charge is 2.05. The highest BCUT2D eigenvalue weighted by Crippen LogP contribution is 2.24. The van der Waals surface area contributed by atoms with Crippen LogP contribution in [0.3, 0.4) is 0 Å². The van der Waals surface area contributed by atoms with Gasteiger partial charge in [-0.1, -0.05) is 6.92 Å². The Morgan fingerprint density at radius 2 is 2.15 bits per heavy atom. The van der Waals surface area contributed by atoms with Crippen molar-refractivity contribution in [3.63, 3.8) is 0 Å². The van der Waals surface area contributed by atoms with Crippen molar-refractivity contribution in [2.75, 3.05) is 11.9 Å². The van der Waals surface area contributed by atoms with Gasteiger partial charge < -0.3 is 10.1 Å². The van der Waals surface area contributed by atoms with Crippen LogP contribution in [0.1, 0.15) is 18.9 Å². The van der Waals surface area contributed by atoms with Crippen LogP contribution in [0.2, 0.25) is 0 Å². The van der Waals surface area contributed by atoms with Gasteiger partial charge in [0.2, 0.25) is 0 Å². The smallest absolute Gasteiger partial charge is 0.147 e. The van der Waals surface area contributed by atoms with Gasteiger partial charge in [-0.05, 0) is 18.6 Å². The van der Waals surface area contributed by atoms with E-state index in [4.69, 9.17) is 10.00 Å². The largest absolute Gasteiger partial charge is 0.456 e. The Bertz CT molecular complexity index is 637. The maximum absolute atomic E-state index is 13.5. The van der Waals surface area contributed by atoms with Crippen LogP contribution in [-0.2, 0) is 0 Å². The van der Waals surface area contributed by atoms with E-state index in [1.54, 1.807) is 30.6 Å². The third-order valence-corrected chi connectivity index (χ3v) is 2.59. The third kappa shape index (κ3) is 3.45. The van der Waals surface area contributed by atoms with Crippen molar-refractivity contribution < 1.29 is 9.13 Å². The number of pyridine rings is 1. The van der Waals surface area contributed by atoms with E-state index in [2.05, 4.69) is 17.2 Å². The molecule has 2 rings (SSSR count). The molecule has 0 spiro atoms. The fraction of sp³-hybridized carbons (Fsp3) is 0.200. The summed E-state index contributed by atoms with van der Waals surface area (Å²) in [6.07, 6.45) is 4.25. The van der Waals surface area contributed by atoms with E-state index in [9.17, 15) is 4.39 Å². The highest BCUT2D eigenvalue weighted by atomic mass is 19.1. The molecule has 20 heavy (non-hydrogen) atoms. The Labute approximate surface area is 116 Å². The molecule has 4 nitrogen and oxygen atoms in total. The number of benzene rings is 1. The summed E-state index contributed by atoms with van der Waals surface area (Å²) in [6, 6.07) is 7.68. The van der Waals surface area contributed by atoms with Gasteiger partial charge >= 0.3 is 0 Å². The lowest BCUT2D eigenvalue weighted by molar-refractivity contribution is 0.474. The number of ether oxygens (including phenoxy) is 1. The summed E-state index contributed by atoms with van der Waals surface area (Å²) < 4.78 is 19.0. The molecular formula is C15H14FN3O. The fourth-order valence-corrected chi connectivity index (χ4v) is 1.63. The Hall–Kier alpha value is -2.61. The van der Waals surface area contributed by atoms with Gasteiger partial charge in [-0.25, -0.2) is 4.39 Å². The number of nitrogens with one attached hydrogen (secondary N) is 1. The molecule has 102 valence electrons. The van der Waals surface area contributed by atoms with Crippen molar-refractivity contribution in [3.05, 3.63) is 48.0 Å². The quantitative estimate of drug-likeness (QED) is 0.900. The lowest BCUT2D eigenvalue weighted by Gasteiger charge is -2.08. The highest BCUT2D eigenvalue weighted by molar-refractivity contribution is 5.46. The standard InChI is InChI=1S/C15H14FN3O/c1-2-5-19-12-6-14(10-18-9-12)20-13-4-3-11(8-17)15(16)7-13/h3-4,6-7,9-10,19H,2,5H2,1H3. The molecule has 5 heteroatoms. The third-order valence-electron chi connectivity index (χ3n) is 2.59. The van der Waals surface area contributed by atoms with Crippen molar-refractivity contribution >= 4 is 5.69 Å². The molecule has 0 amide bonds. The van der Waals surface area contributed by atoms with Gasteiger partial charge in [0.05, 0.1) is 23.6 Å². The van der Waals surface area contributed by atoms with E-state index in [1.807, 2.05) is 0 Å². The van der Waals surface area contributed by atoms with Gasteiger partial charge in [0.1, 0.15) is 23.4 Å². The van der Waals surface area contributed by atoms with Crippen LogP contribution in [0.15, 0.2) is 36.7 Å². The van der Waals surface area contributed by atoms with Crippen LogP contribution in [0.5, 0.6) is 11.5 Å². The van der Waals surface area contributed by atoms with Gasteiger partial charge in [-0.3, -0.25) is 4.98 Å². The van der Waals surface area contributed by atoms with Crippen molar-refractivity contribution in [1.29, 1.82) is 5.26 Å². The predicted molar refractivity (Wildman–Crippen MR) is 74.2 cm³/mol. The van der Waals surface area contributed by atoms with Crippen molar-refractivity contribution in [2.45, 2.75) is 13.3 Å². The molecule has 1 aromatic heterocycles. The molecule has 0 saturated carbocycles. The summed E-state index contributed by atoms with van der Waals surface area (Å²) in [5, 5.41) is 11.9. The molecule has 0 bridgehead atoms. The monoisotopic (exact) mass is 271 g/mol. The molecule has 0 unspecified atom stereocenters. The first-order valence-corrected chi connectivity index (χ1v) is 6.29. The maximum Gasteiger partial charge on any atom is 0.147 e. The zero-order valence-corrected chi connectivity index (χ0v) is 11.1. The first-order valence-electron chi connectivity index (χ1n) is 6.29. The Morgan fingerprint density at radius 3 is 2.85 bits per heavy atom. The van der Waals surface area contributed by atoms with Crippen LogP contribution < -0.4 is 10.1 Å². The van der Waals surface area contributed by atoms with E-state index in [0.717, 1.165) is 18.7 Å². The second-order valence-corrected chi connectivity index (χ2v) is 4.19. The minimum atomic E-state index is -0.599. The molecule has 1 heterocycles. The van der Waals surface area contributed by atoms with E-state index in [1.165, 1.54) is 12.1 Å². The normalized spacial score (nSPS) is 9.85.